The molecule has 0 aliphatic rings. The van der Waals surface area contributed by atoms with Gasteiger partial charge < -0.3 is 21.3 Å². The van der Waals surface area contributed by atoms with Gasteiger partial charge in [-0.15, -0.1) is 0 Å². The summed E-state index contributed by atoms with van der Waals surface area (Å²) in [6.07, 6.45) is 0. The summed E-state index contributed by atoms with van der Waals surface area (Å²) in [5, 5.41) is 11.2. The van der Waals surface area contributed by atoms with Crippen molar-refractivity contribution in [3.05, 3.63) is 80.2 Å². The number of carbonyl (C=O) groups is 2. The number of amides is 4. The molecule has 0 radical (unpaired) electrons. The van der Waals surface area contributed by atoms with E-state index in [4.69, 9.17) is 0 Å². The first kappa shape index (κ1) is 22.8. The van der Waals surface area contributed by atoms with Crippen molar-refractivity contribution in [1.82, 2.24) is 0 Å². The van der Waals surface area contributed by atoms with Crippen LogP contribution in [-0.4, -0.2) is 12.1 Å². The molecule has 0 saturated carbocycles. The fraction of sp³-hybridized carbons (Fsp3) is 0.130. The maximum Gasteiger partial charge on any atom is 0.323 e. The van der Waals surface area contributed by atoms with Gasteiger partial charge in [-0.25, -0.2) is 9.59 Å². The van der Waals surface area contributed by atoms with Crippen LogP contribution in [-0.2, 0) is 0 Å². The lowest BCUT2D eigenvalue weighted by atomic mass is 10.1. The SMILES string of the molecule is Cc1cc(NC(=O)Nc2cccc(NC(=O)Nc3cc(C)c(Br)c(C)c3)c2)ccc1Br. The Morgan fingerprint density at radius 3 is 1.58 bits per heavy atom. The number of benzene rings is 3. The van der Waals surface area contributed by atoms with Crippen molar-refractivity contribution in [3.63, 3.8) is 0 Å². The second kappa shape index (κ2) is 9.98. The van der Waals surface area contributed by atoms with Gasteiger partial charge in [0.15, 0.2) is 0 Å². The third-order valence-corrected chi connectivity index (χ3v) is 6.63. The van der Waals surface area contributed by atoms with Crippen LogP contribution in [0.3, 0.4) is 0 Å². The van der Waals surface area contributed by atoms with Gasteiger partial charge in [-0.1, -0.05) is 37.9 Å². The second-order valence-electron chi connectivity index (χ2n) is 7.13. The van der Waals surface area contributed by atoms with E-state index in [-0.39, 0.29) is 12.1 Å². The molecule has 3 rings (SSSR count). The maximum absolute atomic E-state index is 12.4. The average Bonchev–Trinajstić information content (AvgIpc) is 2.69. The second-order valence-corrected chi connectivity index (χ2v) is 8.77. The van der Waals surface area contributed by atoms with Crippen molar-refractivity contribution in [2.24, 2.45) is 0 Å². The highest BCUT2D eigenvalue weighted by Crippen LogP contribution is 2.25. The van der Waals surface area contributed by atoms with E-state index in [1.807, 2.05) is 51.1 Å². The third kappa shape index (κ3) is 6.32. The molecule has 160 valence electrons. The smallest absolute Gasteiger partial charge is 0.308 e. The zero-order chi connectivity index (χ0) is 22.5. The van der Waals surface area contributed by atoms with Crippen LogP contribution in [0.1, 0.15) is 16.7 Å². The molecule has 0 heterocycles. The molecule has 0 saturated heterocycles. The van der Waals surface area contributed by atoms with Gasteiger partial charge in [0, 0.05) is 31.7 Å². The Morgan fingerprint density at radius 2 is 1.06 bits per heavy atom. The molecular formula is C23H22Br2N4O2. The summed E-state index contributed by atoms with van der Waals surface area (Å²) in [4.78, 5) is 24.7. The van der Waals surface area contributed by atoms with Crippen LogP contribution in [0.2, 0.25) is 0 Å². The molecule has 3 aromatic carbocycles. The van der Waals surface area contributed by atoms with E-state index < -0.39 is 0 Å². The van der Waals surface area contributed by atoms with Gasteiger partial charge in [0.2, 0.25) is 0 Å². The van der Waals surface area contributed by atoms with Crippen LogP contribution < -0.4 is 21.3 Å². The molecule has 0 aliphatic heterocycles. The van der Waals surface area contributed by atoms with Crippen LogP contribution in [0.4, 0.5) is 32.3 Å². The predicted molar refractivity (Wildman–Crippen MR) is 134 cm³/mol. The van der Waals surface area contributed by atoms with Gasteiger partial charge in [0.25, 0.3) is 0 Å². The summed E-state index contributed by atoms with van der Waals surface area (Å²) < 4.78 is 2.00. The van der Waals surface area contributed by atoms with Gasteiger partial charge in [-0.05, 0) is 86.0 Å². The van der Waals surface area contributed by atoms with Crippen molar-refractivity contribution in [2.75, 3.05) is 21.3 Å². The topological polar surface area (TPSA) is 82.3 Å². The highest BCUT2D eigenvalue weighted by Gasteiger charge is 2.08. The van der Waals surface area contributed by atoms with Gasteiger partial charge in [0.05, 0.1) is 0 Å². The molecule has 4 amide bonds. The maximum atomic E-state index is 12.4. The first-order valence-corrected chi connectivity index (χ1v) is 11.1. The monoisotopic (exact) mass is 544 g/mol. The Kier molecular flexibility index (Phi) is 7.35. The number of hydrogen-bond acceptors (Lipinski definition) is 2. The van der Waals surface area contributed by atoms with Gasteiger partial charge in [0.1, 0.15) is 0 Å². The van der Waals surface area contributed by atoms with Crippen LogP contribution in [0.5, 0.6) is 0 Å². The minimum Gasteiger partial charge on any atom is -0.308 e. The lowest BCUT2D eigenvalue weighted by molar-refractivity contribution is 0.261. The molecule has 8 heteroatoms. The molecule has 0 aromatic heterocycles. The summed E-state index contributed by atoms with van der Waals surface area (Å²) in [5.74, 6) is 0. The summed E-state index contributed by atoms with van der Waals surface area (Å²) in [6.45, 7) is 5.89. The standard InChI is InChI=1S/C23H22Br2N4O2/c1-13-9-18(7-8-20(13)24)28-22(30)26-16-5-4-6-17(12-16)27-23(31)29-19-10-14(2)21(25)15(3)11-19/h4-12H,1-3H3,(H2,26,28,30)(H2,27,29,31). The molecule has 0 fully saturated rings. The van der Waals surface area contributed by atoms with Gasteiger partial charge in [-0.2, -0.15) is 0 Å². The molecule has 0 aliphatic carbocycles. The number of carbonyl (C=O) groups excluding carboxylic acids is 2. The summed E-state index contributed by atoms with van der Waals surface area (Å²) in [5.41, 5.74) is 5.59. The fourth-order valence-corrected chi connectivity index (χ4v) is 3.48. The summed E-state index contributed by atoms with van der Waals surface area (Å²) in [7, 11) is 0. The molecule has 3 aromatic rings. The van der Waals surface area contributed by atoms with E-state index in [9.17, 15) is 9.59 Å². The van der Waals surface area contributed by atoms with Gasteiger partial charge in [-0.3, -0.25) is 0 Å². The normalized spacial score (nSPS) is 10.4. The Bertz CT molecular complexity index is 1130. The third-order valence-electron chi connectivity index (χ3n) is 4.49. The predicted octanol–water partition coefficient (Wildman–Crippen LogP) is 7.42. The van der Waals surface area contributed by atoms with Crippen molar-refractivity contribution in [2.45, 2.75) is 20.8 Å². The molecule has 0 bridgehead atoms. The van der Waals surface area contributed by atoms with Crippen LogP contribution >= 0.6 is 31.9 Å². The van der Waals surface area contributed by atoms with Crippen LogP contribution in [0.25, 0.3) is 0 Å². The average molecular weight is 546 g/mol. The molecule has 0 atom stereocenters. The van der Waals surface area contributed by atoms with Crippen molar-refractivity contribution in [1.29, 1.82) is 0 Å². The number of aryl methyl sites for hydroxylation is 3. The van der Waals surface area contributed by atoms with E-state index in [1.165, 1.54) is 0 Å². The first-order valence-electron chi connectivity index (χ1n) is 9.50. The van der Waals surface area contributed by atoms with Crippen LogP contribution in [0, 0.1) is 20.8 Å². The lowest BCUT2D eigenvalue weighted by Crippen LogP contribution is -2.21. The first-order chi connectivity index (χ1) is 14.7. The van der Waals surface area contributed by atoms with Crippen molar-refractivity contribution < 1.29 is 9.59 Å². The highest BCUT2D eigenvalue weighted by atomic mass is 79.9. The Labute approximate surface area is 198 Å². The minimum absolute atomic E-state index is 0.368. The molecular weight excluding hydrogens is 524 g/mol. The van der Waals surface area contributed by atoms with E-state index in [2.05, 4.69) is 53.1 Å². The fourth-order valence-electron chi connectivity index (χ4n) is 3.00. The van der Waals surface area contributed by atoms with Crippen molar-refractivity contribution in [3.8, 4) is 0 Å². The number of halogens is 2. The zero-order valence-electron chi connectivity index (χ0n) is 17.3. The Hall–Kier alpha value is -2.84. The number of anilines is 4. The number of nitrogens with one attached hydrogen (secondary N) is 4. The van der Waals surface area contributed by atoms with E-state index in [1.54, 1.807) is 24.3 Å². The summed E-state index contributed by atoms with van der Waals surface area (Å²) in [6, 6.07) is 15.5. The lowest BCUT2D eigenvalue weighted by Gasteiger charge is -2.12. The quantitative estimate of drug-likeness (QED) is 0.275. The molecule has 0 spiro atoms. The molecule has 31 heavy (non-hydrogen) atoms. The van der Waals surface area contributed by atoms with Gasteiger partial charge >= 0.3 is 12.1 Å². The number of rotatable bonds is 4. The molecule has 0 unspecified atom stereocenters. The largest absolute Gasteiger partial charge is 0.323 e. The Balaban J connectivity index is 1.61. The van der Waals surface area contributed by atoms with E-state index >= 15 is 0 Å². The van der Waals surface area contributed by atoms with Crippen LogP contribution in [0.15, 0.2) is 63.5 Å². The van der Waals surface area contributed by atoms with Crippen molar-refractivity contribution >= 4 is 66.7 Å². The number of urea groups is 2. The number of hydrogen-bond donors (Lipinski definition) is 4. The molecule has 6 nitrogen and oxygen atoms in total. The van der Waals surface area contributed by atoms with E-state index in [0.29, 0.717) is 22.7 Å². The van der Waals surface area contributed by atoms with E-state index in [0.717, 1.165) is 25.6 Å². The Morgan fingerprint density at radius 1 is 0.613 bits per heavy atom. The highest BCUT2D eigenvalue weighted by molar-refractivity contribution is 9.10. The zero-order valence-corrected chi connectivity index (χ0v) is 20.4. The minimum atomic E-state index is -0.371. The molecule has 4 N–H and O–H groups in total. The summed E-state index contributed by atoms with van der Waals surface area (Å²) >= 11 is 6.96.